The number of tetrazole rings is 1. The summed E-state index contributed by atoms with van der Waals surface area (Å²) in [5.41, 5.74) is 0.891. The zero-order valence-corrected chi connectivity index (χ0v) is 11.9. The number of nitriles is 1. The monoisotopic (exact) mass is 304 g/mol. The molecule has 0 aliphatic heterocycles. The molecule has 22 heavy (non-hydrogen) atoms. The third kappa shape index (κ3) is 3.43. The molecule has 2 rings (SSSR count). The molecule has 0 saturated carbocycles. The second kappa shape index (κ2) is 7.26. The number of allylic oxidation sites excluding steroid dienone is 1. The van der Waals surface area contributed by atoms with E-state index >= 15 is 0 Å². The van der Waals surface area contributed by atoms with Gasteiger partial charge in [-0.2, -0.15) is 10.5 Å². The van der Waals surface area contributed by atoms with Gasteiger partial charge in [0.05, 0.1) is 5.69 Å². The third-order valence-corrected chi connectivity index (χ3v) is 2.77. The van der Waals surface area contributed by atoms with E-state index in [4.69, 9.17) is 14.7 Å². The first-order valence-electron chi connectivity index (χ1n) is 6.15. The van der Waals surface area contributed by atoms with Gasteiger partial charge >= 0.3 is 0 Å². The number of anilines is 1. The summed E-state index contributed by atoms with van der Waals surface area (Å²) in [6, 6.07) is 6.24. The van der Waals surface area contributed by atoms with Crippen molar-refractivity contribution in [3.05, 3.63) is 41.6 Å². The van der Waals surface area contributed by atoms with E-state index in [2.05, 4.69) is 25.9 Å². The highest BCUT2D eigenvalue weighted by molar-refractivity contribution is 5.74. The van der Waals surface area contributed by atoms with Crippen molar-refractivity contribution in [3.63, 3.8) is 0 Å². The molecule has 114 valence electrons. The largest absolute Gasteiger partial charge is 0.358 e. The number of halogens is 1. The quantitative estimate of drug-likeness (QED) is 0.616. The Morgan fingerprint density at radius 1 is 1.45 bits per heavy atom. The molecule has 1 heterocycles. The molecule has 0 radical (unpaired) electrons. The minimum Gasteiger partial charge on any atom is -0.358 e. The maximum absolute atomic E-state index is 13.8. The molecular formula is C13H13FN6O2. The van der Waals surface area contributed by atoms with Crippen molar-refractivity contribution in [2.45, 2.75) is 6.29 Å². The molecule has 0 atom stereocenters. The first kappa shape index (κ1) is 15.6. The van der Waals surface area contributed by atoms with E-state index in [0.717, 1.165) is 0 Å². The molecule has 2 aromatic rings. The van der Waals surface area contributed by atoms with Crippen LogP contribution >= 0.6 is 0 Å². The van der Waals surface area contributed by atoms with Crippen LogP contribution in [0.15, 0.2) is 24.4 Å². The van der Waals surface area contributed by atoms with Gasteiger partial charge in [0.1, 0.15) is 17.5 Å². The van der Waals surface area contributed by atoms with Crippen LogP contribution < -0.4 is 5.32 Å². The number of hydrogen-bond acceptors (Lipinski definition) is 7. The van der Waals surface area contributed by atoms with Gasteiger partial charge in [0.15, 0.2) is 6.29 Å². The van der Waals surface area contributed by atoms with Gasteiger partial charge in [0, 0.05) is 26.0 Å². The van der Waals surface area contributed by atoms with Gasteiger partial charge in [-0.25, -0.2) is 4.39 Å². The smallest absolute Gasteiger partial charge is 0.216 e. The molecule has 2 N–H and O–H groups in total. The summed E-state index contributed by atoms with van der Waals surface area (Å²) in [7, 11) is 2.96. The number of nitrogens with zero attached hydrogens (tertiary/aromatic N) is 4. The predicted molar refractivity (Wildman–Crippen MR) is 74.5 cm³/mol. The molecular weight excluding hydrogens is 291 g/mol. The summed E-state index contributed by atoms with van der Waals surface area (Å²) >= 11 is 0. The first-order valence-corrected chi connectivity index (χ1v) is 6.15. The van der Waals surface area contributed by atoms with E-state index in [-0.39, 0.29) is 17.1 Å². The van der Waals surface area contributed by atoms with Crippen molar-refractivity contribution in [2.75, 3.05) is 19.5 Å². The highest BCUT2D eigenvalue weighted by Crippen LogP contribution is 2.23. The average Bonchev–Trinajstić information content (AvgIpc) is 3.06. The molecule has 1 aromatic heterocycles. The number of nitrogens with one attached hydrogen (secondary N) is 2. The molecule has 8 nitrogen and oxygen atoms in total. The number of aromatic nitrogens is 4. The van der Waals surface area contributed by atoms with E-state index < -0.39 is 12.1 Å². The predicted octanol–water partition coefficient (Wildman–Crippen LogP) is 1.61. The molecule has 1 aromatic carbocycles. The molecule has 9 heteroatoms. The maximum Gasteiger partial charge on any atom is 0.216 e. The van der Waals surface area contributed by atoms with Gasteiger partial charge < -0.3 is 14.8 Å². The Bertz CT molecular complexity index is 691. The highest BCUT2D eigenvalue weighted by Gasteiger charge is 2.12. The van der Waals surface area contributed by atoms with Crippen molar-refractivity contribution in [2.24, 2.45) is 0 Å². The van der Waals surface area contributed by atoms with E-state index in [9.17, 15) is 4.39 Å². The van der Waals surface area contributed by atoms with Crippen LogP contribution in [-0.4, -0.2) is 34.8 Å². The van der Waals surface area contributed by atoms with E-state index in [0.29, 0.717) is 5.56 Å². The van der Waals surface area contributed by atoms with Crippen LogP contribution in [0.3, 0.4) is 0 Å². The fourth-order valence-corrected chi connectivity index (χ4v) is 1.74. The third-order valence-electron chi connectivity index (χ3n) is 2.77. The summed E-state index contributed by atoms with van der Waals surface area (Å²) in [5.74, 6) is -0.380. The molecule has 0 bridgehead atoms. The number of aromatic amines is 1. The Morgan fingerprint density at radius 3 is 2.82 bits per heavy atom. The second-order valence-corrected chi connectivity index (χ2v) is 4.09. The van der Waals surface area contributed by atoms with Crippen LogP contribution in [0.4, 0.5) is 10.1 Å². The maximum atomic E-state index is 13.8. The average molecular weight is 304 g/mol. The van der Waals surface area contributed by atoms with Crippen molar-refractivity contribution in [1.82, 2.24) is 20.6 Å². The van der Waals surface area contributed by atoms with E-state index in [1.54, 1.807) is 6.07 Å². The molecule has 0 amide bonds. The van der Waals surface area contributed by atoms with Crippen molar-refractivity contribution in [1.29, 1.82) is 5.26 Å². The van der Waals surface area contributed by atoms with Crippen LogP contribution in [0, 0.1) is 17.1 Å². The summed E-state index contributed by atoms with van der Waals surface area (Å²) in [4.78, 5) is 0. The van der Waals surface area contributed by atoms with Crippen molar-refractivity contribution in [3.8, 4) is 6.07 Å². The molecule has 0 saturated heterocycles. The van der Waals surface area contributed by atoms with Gasteiger partial charge in [0.25, 0.3) is 0 Å². The number of rotatable bonds is 6. The summed E-state index contributed by atoms with van der Waals surface area (Å²) < 4.78 is 24.1. The Kier molecular flexibility index (Phi) is 5.13. The number of H-pyrrole nitrogens is 1. The van der Waals surface area contributed by atoms with Crippen LogP contribution in [0.2, 0.25) is 0 Å². The lowest BCUT2D eigenvalue weighted by atomic mass is 10.2. The minimum atomic E-state index is -0.613. The highest BCUT2D eigenvalue weighted by atomic mass is 19.1. The lowest BCUT2D eigenvalue weighted by Gasteiger charge is -2.15. The SMILES string of the molecule is COC(OC)c1ccc(F)c(NC=C(C#N)c2nn[nH]n2)c1. The van der Waals surface area contributed by atoms with Gasteiger partial charge in [-0.15, -0.1) is 10.2 Å². The fourth-order valence-electron chi connectivity index (χ4n) is 1.74. The standard InChI is InChI=1S/C13H13FN6O2/c1-21-13(22-2)8-3-4-10(14)11(5-8)16-7-9(6-15)12-17-19-20-18-12/h3-5,7,13,16H,1-2H3,(H,17,18,19,20). The Balaban J connectivity index is 2.25. The van der Waals surface area contributed by atoms with E-state index in [1.807, 2.05) is 6.07 Å². The second-order valence-electron chi connectivity index (χ2n) is 4.09. The fraction of sp³-hybridized carbons (Fsp3) is 0.231. The Labute approximate surface area is 125 Å². The summed E-state index contributed by atoms with van der Waals surface area (Å²) in [6.07, 6.45) is 0.680. The van der Waals surface area contributed by atoms with Crippen LogP contribution in [0.1, 0.15) is 17.7 Å². The van der Waals surface area contributed by atoms with E-state index in [1.165, 1.54) is 32.6 Å². The Hall–Kier alpha value is -2.83. The molecule has 0 aliphatic carbocycles. The van der Waals surface area contributed by atoms with Gasteiger partial charge in [-0.1, -0.05) is 6.07 Å². The van der Waals surface area contributed by atoms with Crippen molar-refractivity contribution < 1.29 is 13.9 Å². The van der Waals surface area contributed by atoms with Gasteiger partial charge in [-0.05, 0) is 17.3 Å². The van der Waals surface area contributed by atoms with Gasteiger partial charge in [0.2, 0.25) is 5.82 Å². The topological polar surface area (TPSA) is 109 Å². The van der Waals surface area contributed by atoms with Crippen molar-refractivity contribution >= 4 is 11.3 Å². The minimum absolute atomic E-state index is 0.105. The summed E-state index contributed by atoms with van der Waals surface area (Å²) in [6.45, 7) is 0. The Morgan fingerprint density at radius 2 is 2.23 bits per heavy atom. The number of hydrogen-bond donors (Lipinski definition) is 2. The number of methoxy groups -OCH3 is 2. The zero-order chi connectivity index (χ0) is 15.9. The lowest BCUT2D eigenvalue weighted by Crippen LogP contribution is -2.05. The first-order chi connectivity index (χ1) is 10.7. The number of ether oxygens (including phenoxy) is 2. The normalized spacial score (nSPS) is 11.5. The lowest BCUT2D eigenvalue weighted by molar-refractivity contribution is -0.106. The molecule has 0 fully saturated rings. The zero-order valence-electron chi connectivity index (χ0n) is 11.9. The van der Waals surface area contributed by atoms with Gasteiger partial charge in [-0.3, -0.25) is 0 Å². The number of benzene rings is 1. The van der Waals surface area contributed by atoms with Crippen LogP contribution in [-0.2, 0) is 9.47 Å². The molecule has 0 spiro atoms. The summed E-state index contributed by atoms with van der Waals surface area (Å²) in [5, 5.41) is 24.7. The van der Waals surface area contributed by atoms with Crippen LogP contribution in [0.5, 0.6) is 0 Å². The molecule has 0 unspecified atom stereocenters. The van der Waals surface area contributed by atoms with Crippen LogP contribution in [0.25, 0.3) is 5.57 Å². The molecule has 0 aliphatic rings.